The maximum Gasteiger partial charge on any atom is 0.268 e. The van der Waals surface area contributed by atoms with E-state index in [1.54, 1.807) is 28.0 Å². The van der Waals surface area contributed by atoms with Gasteiger partial charge in [-0.25, -0.2) is 9.55 Å². The van der Waals surface area contributed by atoms with Gasteiger partial charge < -0.3 is 14.9 Å². The Hall–Kier alpha value is -1.93. The SMILES string of the molecule is CCN(CCO)c1nc2sc3c(c2c(=O)n1-c1ccc(Cl)cc1)CCN(C)C3. The molecule has 0 spiro atoms. The van der Waals surface area contributed by atoms with Crippen LogP contribution in [0.3, 0.4) is 0 Å². The highest BCUT2D eigenvalue weighted by atomic mass is 35.5. The van der Waals surface area contributed by atoms with Gasteiger partial charge in [-0.15, -0.1) is 11.3 Å². The molecule has 4 rings (SSSR count). The van der Waals surface area contributed by atoms with E-state index in [4.69, 9.17) is 16.6 Å². The van der Waals surface area contributed by atoms with Crippen molar-refractivity contribution >= 4 is 39.1 Å². The number of aromatic nitrogens is 2. The van der Waals surface area contributed by atoms with Gasteiger partial charge in [0.15, 0.2) is 0 Å². The Kier molecular flexibility index (Phi) is 5.42. The van der Waals surface area contributed by atoms with E-state index in [1.807, 2.05) is 24.0 Å². The maximum atomic E-state index is 13.7. The third-order valence-corrected chi connectivity index (χ3v) is 6.53. The Balaban J connectivity index is 2.01. The zero-order chi connectivity index (χ0) is 19.8. The van der Waals surface area contributed by atoms with Crippen molar-refractivity contribution in [2.45, 2.75) is 19.9 Å². The first kappa shape index (κ1) is 19.4. The summed E-state index contributed by atoms with van der Waals surface area (Å²) < 4.78 is 1.66. The van der Waals surface area contributed by atoms with Gasteiger partial charge in [0.05, 0.1) is 17.7 Å². The van der Waals surface area contributed by atoms with E-state index < -0.39 is 0 Å². The van der Waals surface area contributed by atoms with Crippen molar-refractivity contribution in [1.82, 2.24) is 14.5 Å². The molecule has 0 unspecified atom stereocenters. The molecule has 6 nitrogen and oxygen atoms in total. The Morgan fingerprint density at radius 2 is 2.07 bits per heavy atom. The van der Waals surface area contributed by atoms with E-state index in [0.29, 0.717) is 24.1 Å². The summed E-state index contributed by atoms with van der Waals surface area (Å²) in [6.07, 6.45) is 0.858. The number of halogens is 1. The number of likely N-dealkylation sites (N-methyl/N-ethyl adjacent to an activating group) is 2. The number of nitrogens with zero attached hydrogens (tertiary/aromatic N) is 4. The first-order valence-corrected chi connectivity index (χ1v) is 10.6. The molecule has 1 N–H and O–H groups in total. The van der Waals surface area contributed by atoms with E-state index in [2.05, 4.69) is 11.9 Å². The molecule has 3 aromatic rings. The second kappa shape index (κ2) is 7.83. The van der Waals surface area contributed by atoms with Gasteiger partial charge in [0.2, 0.25) is 5.95 Å². The molecule has 0 atom stereocenters. The van der Waals surface area contributed by atoms with Crippen LogP contribution in [0.5, 0.6) is 0 Å². The highest BCUT2D eigenvalue weighted by Crippen LogP contribution is 2.33. The fourth-order valence-electron chi connectivity index (χ4n) is 3.71. The predicted octanol–water partition coefficient (Wildman–Crippen LogP) is 2.91. The lowest BCUT2D eigenvalue weighted by atomic mass is 10.1. The van der Waals surface area contributed by atoms with Gasteiger partial charge in [0.25, 0.3) is 5.56 Å². The third-order valence-electron chi connectivity index (χ3n) is 5.17. The Labute approximate surface area is 172 Å². The zero-order valence-corrected chi connectivity index (χ0v) is 17.6. The monoisotopic (exact) mass is 418 g/mol. The average Bonchev–Trinajstić information content (AvgIpc) is 3.04. The van der Waals surface area contributed by atoms with E-state index in [-0.39, 0.29) is 12.2 Å². The molecule has 3 heterocycles. The fraction of sp³-hybridized carbons (Fsp3) is 0.400. The van der Waals surface area contributed by atoms with E-state index >= 15 is 0 Å². The molecule has 0 saturated heterocycles. The van der Waals surface area contributed by atoms with Crippen molar-refractivity contribution < 1.29 is 5.11 Å². The molecule has 8 heteroatoms. The number of hydrogen-bond donors (Lipinski definition) is 1. The maximum absolute atomic E-state index is 13.7. The van der Waals surface area contributed by atoms with E-state index in [0.717, 1.165) is 41.0 Å². The Bertz CT molecular complexity index is 1060. The molecule has 2 aromatic heterocycles. The first-order valence-electron chi connectivity index (χ1n) is 9.41. The molecule has 148 valence electrons. The summed E-state index contributed by atoms with van der Waals surface area (Å²) in [5.41, 5.74) is 1.80. The van der Waals surface area contributed by atoms with E-state index in [1.165, 1.54) is 4.88 Å². The number of aliphatic hydroxyl groups excluding tert-OH is 1. The fourth-order valence-corrected chi connectivity index (χ4v) is 5.13. The number of thiophene rings is 1. The first-order chi connectivity index (χ1) is 13.5. The lowest BCUT2D eigenvalue weighted by Crippen LogP contribution is -2.34. The molecule has 28 heavy (non-hydrogen) atoms. The second-order valence-electron chi connectivity index (χ2n) is 7.00. The van der Waals surface area contributed by atoms with Gasteiger partial charge in [-0.05, 0) is 50.2 Å². The van der Waals surface area contributed by atoms with Gasteiger partial charge >= 0.3 is 0 Å². The number of rotatable bonds is 5. The van der Waals surface area contributed by atoms with Crippen molar-refractivity contribution in [3.05, 3.63) is 50.1 Å². The summed E-state index contributed by atoms with van der Waals surface area (Å²) in [7, 11) is 2.10. The predicted molar refractivity (Wildman–Crippen MR) is 115 cm³/mol. The molecule has 1 aliphatic heterocycles. The van der Waals surface area contributed by atoms with Crippen LogP contribution in [-0.2, 0) is 13.0 Å². The normalized spacial score (nSPS) is 14.4. The zero-order valence-electron chi connectivity index (χ0n) is 16.0. The molecular weight excluding hydrogens is 396 g/mol. The summed E-state index contributed by atoms with van der Waals surface area (Å²) >= 11 is 7.66. The van der Waals surface area contributed by atoms with Crippen LogP contribution in [0.1, 0.15) is 17.4 Å². The minimum atomic E-state index is -0.0548. The van der Waals surface area contributed by atoms with Crippen molar-refractivity contribution in [2.75, 3.05) is 38.2 Å². The number of anilines is 1. The van der Waals surface area contributed by atoms with E-state index in [9.17, 15) is 9.90 Å². The highest BCUT2D eigenvalue weighted by Gasteiger charge is 2.25. The minimum absolute atomic E-state index is 0.00585. The summed E-state index contributed by atoms with van der Waals surface area (Å²) in [4.78, 5) is 24.8. The molecule has 0 radical (unpaired) electrons. The van der Waals surface area contributed by atoms with Crippen molar-refractivity contribution in [3.8, 4) is 5.69 Å². The summed E-state index contributed by atoms with van der Waals surface area (Å²) in [5, 5.41) is 10.8. The van der Waals surface area contributed by atoms with Gasteiger partial charge in [-0.2, -0.15) is 0 Å². The van der Waals surface area contributed by atoms with Crippen LogP contribution in [0.15, 0.2) is 29.1 Å². The van der Waals surface area contributed by atoms with Crippen molar-refractivity contribution in [1.29, 1.82) is 0 Å². The Morgan fingerprint density at radius 3 is 2.75 bits per heavy atom. The number of hydrogen-bond acceptors (Lipinski definition) is 6. The Morgan fingerprint density at radius 1 is 1.32 bits per heavy atom. The third kappa shape index (κ3) is 3.33. The van der Waals surface area contributed by atoms with Crippen LogP contribution >= 0.6 is 22.9 Å². The van der Waals surface area contributed by atoms with Crippen LogP contribution < -0.4 is 10.5 Å². The molecule has 0 amide bonds. The van der Waals surface area contributed by atoms with Gasteiger partial charge in [0.1, 0.15) is 4.83 Å². The molecule has 1 aromatic carbocycles. The van der Waals surface area contributed by atoms with Gasteiger partial charge in [-0.1, -0.05) is 11.6 Å². The molecule has 0 bridgehead atoms. The second-order valence-corrected chi connectivity index (χ2v) is 8.52. The molecule has 0 aliphatic carbocycles. The average molecular weight is 419 g/mol. The number of benzene rings is 1. The summed E-state index contributed by atoms with van der Waals surface area (Å²) in [5.74, 6) is 0.559. The van der Waals surface area contributed by atoms with Crippen LogP contribution in [0.2, 0.25) is 5.02 Å². The largest absolute Gasteiger partial charge is 0.395 e. The van der Waals surface area contributed by atoms with Gasteiger partial charge in [-0.3, -0.25) is 4.79 Å². The van der Waals surface area contributed by atoms with Crippen LogP contribution in [0, 0.1) is 0 Å². The van der Waals surface area contributed by atoms with Crippen molar-refractivity contribution in [3.63, 3.8) is 0 Å². The summed E-state index contributed by atoms with van der Waals surface area (Å²) in [6, 6.07) is 7.22. The molecular formula is C20H23ClN4O2S. The van der Waals surface area contributed by atoms with Crippen LogP contribution in [-0.4, -0.2) is 52.8 Å². The molecule has 0 saturated carbocycles. The lowest BCUT2D eigenvalue weighted by molar-refractivity contribution is 0.301. The smallest absolute Gasteiger partial charge is 0.268 e. The van der Waals surface area contributed by atoms with Crippen molar-refractivity contribution in [2.24, 2.45) is 0 Å². The highest BCUT2D eigenvalue weighted by molar-refractivity contribution is 7.18. The molecule has 1 aliphatic rings. The quantitative estimate of drug-likeness (QED) is 0.690. The molecule has 0 fully saturated rings. The van der Waals surface area contributed by atoms with Crippen LogP contribution in [0.4, 0.5) is 5.95 Å². The van der Waals surface area contributed by atoms with Gasteiger partial charge in [0, 0.05) is 36.1 Å². The summed E-state index contributed by atoms with van der Waals surface area (Å²) in [6.45, 7) is 4.82. The topological polar surface area (TPSA) is 61.6 Å². The minimum Gasteiger partial charge on any atom is -0.395 e. The van der Waals surface area contributed by atoms with Crippen LogP contribution in [0.25, 0.3) is 15.9 Å². The number of fused-ring (bicyclic) bond motifs is 3. The lowest BCUT2D eigenvalue weighted by Gasteiger charge is -2.25. The standard InChI is InChI=1S/C20H23ClN4O2S/c1-3-24(10-11-26)20-22-18-17(15-8-9-23(2)12-16(15)28-18)19(27)25(20)14-6-4-13(21)5-7-14/h4-7,26H,3,8-12H2,1-2H3. The number of aliphatic hydroxyl groups is 1.